The first kappa shape index (κ1) is 22.9. The standard InChI is InChI=1S/C22H22Cl3N3OS/c1-14-8-10-28(11-9-14)20-6-5-17(13-19(20)25)26-22(30)27-21(29)7-3-15-2-4-16(23)12-18(15)24/h2-7,12-14H,8-11H2,1H3,(H2,26,27,29,30)/b7-3+. The molecule has 4 nitrogen and oxygen atoms in total. The van der Waals surface area contributed by atoms with Gasteiger partial charge in [0.2, 0.25) is 5.91 Å². The monoisotopic (exact) mass is 481 g/mol. The number of hydrogen-bond donors (Lipinski definition) is 2. The SMILES string of the molecule is CC1CCN(c2ccc(NC(=S)NC(=O)/C=C/c3ccc(Cl)cc3Cl)cc2Cl)CC1. The Labute approximate surface area is 197 Å². The maximum Gasteiger partial charge on any atom is 0.250 e. The van der Waals surface area contributed by atoms with Gasteiger partial charge in [-0.2, -0.15) is 0 Å². The third kappa shape index (κ3) is 6.35. The second kappa shape index (κ2) is 10.5. The molecule has 0 saturated carbocycles. The number of hydrogen-bond acceptors (Lipinski definition) is 3. The third-order valence-corrected chi connectivity index (χ3v) is 6.01. The summed E-state index contributed by atoms with van der Waals surface area (Å²) in [4.78, 5) is 14.4. The maximum absolute atomic E-state index is 12.1. The molecule has 0 radical (unpaired) electrons. The van der Waals surface area contributed by atoms with Crippen LogP contribution in [0.3, 0.4) is 0 Å². The molecule has 0 aromatic heterocycles. The lowest BCUT2D eigenvalue weighted by atomic mass is 9.99. The lowest BCUT2D eigenvalue weighted by molar-refractivity contribution is -0.115. The highest BCUT2D eigenvalue weighted by Crippen LogP contribution is 2.31. The fourth-order valence-corrected chi connectivity index (χ4v) is 4.20. The molecule has 1 aliphatic rings. The number of amides is 1. The van der Waals surface area contributed by atoms with Crippen LogP contribution in [0.5, 0.6) is 0 Å². The van der Waals surface area contributed by atoms with Crippen LogP contribution in [0.1, 0.15) is 25.3 Å². The van der Waals surface area contributed by atoms with Gasteiger partial charge in [-0.15, -0.1) is 0 Å². The highest BCUT2D eigenvalue weighted by Gasteiger charge is 2.18. The summed E-state index contributed by atoms with van der Waals surface area (Å²) in [6, 6.07) is 10.8. The van der Waals surface area contributed by atoms with Crippen molar-refractivity contribution in [3.8, 4) is 0 Å². The number of piperidine rings is 1. The van der Waals surface area contributed by atoms with Gasteiger partial charge in [0, 0.05) is 34.9 Å². The van der Waals surface area contributed by atoms with E-state index in [0.29, 0.717) is 26.3 Å². The zero-order valence-electron chi connectivity index (χ0n) is 16.4. The van der Waals surface area contributed by atoms with E-state index in [1.54, 1.807) is 24.3 Å². The molecular formula is C22H22Cl3N3OS. The smallest absolute Gasteiger partial charge is 0.250 e. The summed E-state index contributed by atoms with van der Waals surface area (Å²) in [6.07, 6.45) is 5.29. The molecule has 8 heteroatoms. The summed E-state index contributed by atoms with van der Waals surface area (Å²) in [5.74, 6) is 0.385. The number of thiocarbonyl (C=S) groups is 1. The van der Waals surface area contributed by atoms with Crippen LogP contribution in [0, 0.1) is 5.92 Å². The molecular weight excluding hydrogens is 461 g/mol. The molecule has 158 valence electrons. The average Bonchev–Trinajstić information content (AvgIpc) is 2.68. The normalized spacial score (nSPS) is 14.7. The molecule has 0 unspecified atom stereocenters. The van der Waals surface area contributed by atoms with Gasteiger partial charge in [0.25, 0.3) is 0 Å². The first-order chi connectivity index (χ1) is 14.3. The van der Waals surface area contributed by atoms with E-state index in [-0.39, 0.29) is 11.0 Å². The van der Waals surface area contributed by atoms with Crippen molar-refractivity contribution < 1.29 is 4.79 Å². The van der Waals surface area contributed by atoms with Gasteiger partial charge in [-0.3, -0.25) is 10.1 Å². The van der Waals surface area contributed by atoms with Crippen molar-refractivity contribution in [3.05, 3.63) is 63.1 Å². The Morgan fingerprint density at radius 2 is 1.83 bits per heavy atom. The molecule has 2 aromatic carbocycles. The Kier molecular flexibility index (Phi) is 8.00. The predicted octanol–water partition coefficient (Wildman–Crippen LogP) is 6.41. The van der Waals surface area contributed by atoms with Crippen LogP contribution in [0.4, 0.5) is 11.4 Å². The number of anilines is 2. The topological polar surface area (TPSA) is 44.4 Å². The van der Waals surface area contributed by atoms with Crippen LogP contribution < -0.4 is 15.5 Å². The fraction of sp³-hybridized carbons (Fsp3) is 0.273. The Hall–Kier alpha value is -1.79. The minimum Gasteiger partial charge on any atom is -0.370 e. The lowest BCUT2D eigenvalue weighted by Crippen LogP contribution is -2.33. The van der Waals surface area contributed by atoms with E-state index in [1.165, 1.54) is 18.9 Å². The Morgan fingerprint density at radius 3 is 2.50 bits per heavy atom. The molecule has 0 spiro atoms. The summed E-state index contributed by atoms with van der Waals surface area (Å²) in [7, 11) is 0. The number of rotatable bonds is 4. The van der Waals surface area contributed by atoms with Crippen molar-refractivity contribution in [2.45, 2.75) is 19.8 Å². The number of carbonyl (C=O) groups excluding carboxylic acids is 1. The summed E-state index contributed by atoms with van der Waals surface area (Å²) < 4.78 is 0. The van der Waals surface area contributed by atoms with E-state index in [1.807, 2.05) is 18.2 Å². The van der Waals surface area contributed by atoms with Crippen LogP contribution in [-0.4, -0.2) is 24.1 Å². The number of halogens is 3. The maximum atomic E-state index is 12.1. The van der Waals surface area contributed by atoms with Crippen LogP contribution in [0.2, 0.25) is 15.1 Å². The molecule has 30 heavy (non-hydrogen) atoms. The van der Waals surface area contributed by atoms with E-state index in [9.17, 15) is 4.79 Å². The summed E-state index contributed by atoms with van der Waals surface area (Å²) in [5, 5.41) is 7.42. The van der Waals surface area contributed by atoms with Crippen LogP contribution in [-0.2, 0) is 4.79 Å². The highest BCUT2D eigenvalue weighted by atomic mass is 35.5. The molecule has 0 aliphatic carbocycles. The molecule has 0 atom stereocenters. The van der Waals surface area contributed by atoms with Crippen molar-refractivity contribution >= 4 is 75.5 Å². The van der Waals surface area contributed by atoms with E-state index in [2.05, 4.69) is 22.5 Å². The van der Waals surface area contributed by atoms with Crippen molar-refractivity contribution in [2.24, 2.45) is 5.92 Å². The average molecular weight is 483 g/mol. The number of nitrogens with one attached hydrogen (secondary N) is 2. The van der Waals surface area contributed by atoms with E-state index in [0.717, 1.165) is 24.7 Å². The quantitative estimate of drug-likeness (QED) is 0.390. The first-order valence-electron chi connectivity index (χ1n) is 9.61. The summed E-state index contributed by atoms with van der Waals surface area (Å²) >= 11 is 23.7. The predicted molar refractivity (Wildman–Crippen MR) is 132 cm³/mol. The largest absolute Gasteiger partial charge is 0.370 e. The van der Waals surface area contributed by atoms with Gasteiger partial charge in [-0.05, 0) is 72.9 Å². The van der Waals surface area contributed by atoms with Gasteiger partial charge >= 0.3 is 0 Å². The van der Waals surface area contributed by atoms with Gasteiger partial charge in [0.15, 0.2) is 5.11 Å². The first-order valence-corrected chi connectivity index (χ1v) is 11.2. The van der Waals surface area contributed by atoms with Crippen molar-refractivity contribution in [3.63, 3.8) is 0 Å². The summed E-state index contributed by atoms with van der Waals surface area (Å²) in [6.45, 7) is 4.29. The van der Waals surface area contributed by atoms with Gasteiger partial charge in [-0.1, -0.05) is 47.8 Å². The van der Waals surface area contributed by atoms with Crippen LogP contribution in [0.15, 0.2) is 42.5 Å². The molecule has 1 aliphatic heterocycles. The fourth-order valence-electron chi connectivity index (χ4n) is 3.21. The number of carbonyl (C=O) groups is 1. The van der Waals surface area contributed by atoms with Crippen molar-refractivity contribution in [2.75, 3.05) is 23.3 Å². The Morgan fingerprint density at radius 1 is 1.10 bits per heavy atom. The number of benzene rings is 2. The van der Waals surface area contributed by atoms with E-state index < -0.39 is 0 Å². The second-order valence-electron chi connectivity index (χ2n) is 7.28. The molecule has 0 bridgehead atoms. The molecule has 1 amide bonds. The van der Waals surface area contributed by atoms with Crippen LogP contribution >= 0.6 is 47.0 Å². The Balaban J connectivity index is 1.56. The zero-order chi connectivity index (χ0) is 21.7. The van der Waals surface area contributed by atoms with Crippen molar-refractivity contribution in [1.82, 2.24) is 5.32 Å². The second-order valence-corrected chi connectivity index (χ2v) is 8.94. The molecule has 2 aromatic rings. The number of nitrogens with zero attached hydrogens (tertiary/aromatic N) is 1. The lowest BCUT2D eigenvalue weighted by Gasteiger charge is -2.32. The highest BCUT2D eigenvalue weighted by molar-refractivity contribution is 7.80. The molecule has 2 N–H and O–H groups in total. The summed E-state index contributed by atoms with van der Waals surface area (Å²) in [5.41, 5.74) is 2.42. The van der Waals surface area contributed by atoms with Gasteiger partial charge in [0.1, 0.15) is 0 Å². The van der Waals surface area contributed by atoms with Gasteiger partial charge in [0.05, 0.1) is 10.7 Å². The molecule has 1 saturated heterocycles. The molecule has 1 heterocycles. The molecule has 3 rings (SSSR count). The van der Waals surface area contributed by atoms with E-state index in [4.69, 9.17) is 47.0 Å². The molecule has 1 fully saturated rings. The van der Waals surface area contributed by atoms with Gasteiger partial charge < -0.3 is 10.2 Å². The Bertz CT molecular complexity index is 972. The van der Waals surface area contributed by atoms with Gasteiger partial charge in [-0.25, -0.2) is 0 Å². The minimum absolute atomic E-state index is 0.183. The minimum atomic E-state index is -0.372. The zero-order valence-corrected chi connectivity index (χ0v) is 19.5. The van der Waals surface area contributed by atoms with Crippen molar-refractivity contribution in [1.29, 1.82) is 0 Å². The van der Waals surface area contributed by atoms with Crippen LogP contribution in [0.25, 0.3) is 6.08 Å². The third-order valence-electron chi connectivity index (χ3n) is 4.94. The van der Waals surface area contributed by atoms with E-state index >= 15 is 0 Å².